The SMILES string of the molecule is CC1=C(CO)C(=O)O[C@@H]([C@@H](C)[C@H]2CC[C@H]3[C@@H]4C[C@H]5O[C@]56[C@@H](O)[C@@H](N=[N+]=[N-])CC(=O)[C@]6(C)[C@H]4CC[C@]23C)C1. The number of fused-ring (bicyclic) bond motifs is 4. The molecule has 6 aliphatic rings. The van der Waals surface area contributed by atoms with Crippen LogP contribution in [0.1, 0.15) is 72.6 Å². The number of hydrogen-bond donors (Lipinski definition) is 2. The van der Waals surface area contributed by atoms with Gasteiger partial charge in [0.15, 0.2) is 0 Å². The van der Waals surface area contributed by atoms with Crippen LogP contribution in [0.15, 0.2) is 16.3 Å². The zero-order chi connectivity index (χ0) is 26.5. The highest BCUT2D eigenvalue weighted by Crippen LogP contribution is 2.73. The van der Waals surface area contributed by atoms with Crippen LogP contribution in [-0.2, 0) is 19.1 Å². The van der Waals surface area contributed by atoms with E-state index in [0.717, 1.165) is 37.7 Å². The molecule has 0 amide bonds. The van der Waals surface area contributed by atoms with Crippen molar-refractivity contribution in [1.29, 1.82) is 0 Å². The molecule has 5 fully saturated rings. The lowest BCUT2D eigenvalue weighted by molar-refractivity contribution is -0.168. The monoisotopic (exact) mass is 513 g/mol. The molecule has 6 rings (SSSR count). The van der Waals surface area contributed by atoms with Gasteiger partial charge in [0.2, 0.25) is 0 Å². The minimum absolute atomic E-state index is 0.0648. The molecule has 0 aromatic rings. The minimum Gasteiger partial charge on any atom is -0.458 e. The van der Waals surface area contributed by atoms with Gasteiger partial charge in [-0.15, -0.1) is 0 Å². The first-order chi connectivity index (χ1) is 17.5. The largest absolute Gasteiger partial charge is 0.458 e. The molecule has 12 atom stereocenters. The zero-order valence-corrected chi connectivity index (χ0v) is 22.2. The first kappa shape index (κ1) is 25.4. The summed E-state index contributed by atoms with van der Waals surface area (Å²) < 4.78 is 12.1. The molecule has 9 heteroatoms. The van der Waals surface area contributed by atoms with E-state index in [0.29, 0.717) is 29.7 Å². The molecular formula is C28H39N3O6. The third-order valence-electron chi connectivity index (χ3n) is 12.2. The Bertz CT molecular complexity index is 1120. The van der Waals surface area contributed by atoms with Crippen LogP contribution in [0.25, 0.3) is 10.4 Å². The van der Waals surface area contributed by atoms with E-state index < -0.39 is 23.2 Å². The van der Waals surface area contributed by atoms with Gasteiger partial charge in [0.25, 0.3) is 0 Å². The van der Waals surface area contributed by atoms with Crippen LogP contribution in [0.4, 0.5) is 0 Å². The molecule has 0 radical (unpaired) electrons. The van der Waals surface area contributed by atoms with E-state index in [1.165, 1.54) is 0 Å². The fraction of sp³-hybridized carbons (Fsp3) is 0.857. The van der Waals surface area contributed by atoms with E-state index >= 15 is 0 Å². The van der Waals surface area contributed by atoms with Crippen LogP contribution in [0, 0.1) is 40.4 Å². The molecular weight excluding hydrogens is 474 g/mol. The fourth-order valence-electron chi connectivity index (χ4n) is 10.2. The highest BCUT2D eigenvalue weighted by molar-refractivity contribution is 5.90. The summed E-state index contributed by atoms with van der Waals surface area (Å²) in [6, 6.07) is -0.764. The smallest absolute Gasteiger partial charge is 0.336 e. The number of Topliss-reactive ketones (excluding diaryl/α,β-unsaturated/α-hetero) is 1. The first-order valence-electron chi connectivity index (χ1n) is 14.0. The Labute approximate surface area is 217 Å². The summed E-state index contributed by atoms with van der Waals surface area (Å²) >= 11 is 0. The van der Waals surface area contributed by atoms with Gasteiger partial charge in [0.05, 0.1) is 35.8 Å². The second kappa shape index (κ2) is 8.28. The molecule has 202 valence electrons. The number of azide groups is 1. The van der Waals surface area contributed by atoms with Crippen molar-refractivity contribution in [2.75, 3.05) is 6.61 Å². The Morgan fingerprint density at radius 3 is 2.62 bits per heavy atom. The van der Waals surface area contributed by atoms with Crippen LogP contribution in [0.5, 0.6) is 0 Å². The highest BCUT2D eigenvalue weighted by atomic mass is 16.6. The number of rotatable bonds is 4. The number of nitrogens with zero attached hydrogens (tertiary/aromatic N) is 3. The lowest BCUT2D eigenvalue weighted by atomic mass is 9.43. The van der Waals surface area contributed by atoms with Gasteiger partial charge in [-0.3, -0.25) is 4.79 Å². The summed E-state index contributed by atoms with van der Waals surface area (Å²) in [5, 5.41) is 24.5. The van der Waals surface area contributed by atoms with Gasteiger partial charge >= 0.3 is 5.97 Å². The molecule has 2 heterocycles. The molecule has 1 saturated heterocycles. The van der Waals surface area contributed by atoms with Gasteiger partial charge < -0.3 is 19.7 Å². The van der Waals surface area contributed by atoms with Crippen molar-refractivity contribution in [1.82, 2.24) is 0 Å². The van der Waals surface area contributed by atoms with Crippen molar-refractivity contribution in [3.05, 3.63) is 21.6 Å². The zero-order valence-electron chi connectivity index (χ0n) is 22.2. The van der Waals surface area contributed by atoms with Crippen molar-refractivity contribution in [2.24, 2.45) is 45.5 Å². The van der Waals surface area contributed by atoms with Crippen molar-refractivity contribution in [3.63, 3.8) is 0 Å². The van der Waals surface area contributed by atoms with E-state index in [9.17, 15) is 19.8 Å². The lowest BCUT2D eigenvalue weighted by Crippen LogP contribution is -2.67. The molecule has 0 unspecified atom stereocenters. The standard InChI is InChI=1S/C28H39N3O6/c1-13-9-21(36-25(35)16(13)12-32)14(2)17-5-6-18-15-10-23-28(37-23)24(34)20(30-31-29)11-22(33)27(28,4)19(15)7-8-26(17,18)3/h14-15,17-21,23-24,32,34H,5-12H2,1-4H3/t14-,15-,17+,18-,19-,20-,21+,23+,24-,26+,27-,28-/m0/s1. The summed E-state index contributed by atoms with van der Waals surface area (Å²) in [7, 11) is 0. The maximum atomic E-state index is 13.7. The quantitative estimate of drug-likeness (QED) is 0.192. The molecule has 9 nitrogen and oxygen atoms in total. The molecule has 2 aliphatic heterocycles. The van der Waals surface area contributed by atoms with Gasteiger partial charge in [-0.1, -0.05) is 24.5 Å². The summed E-state index contributed by atoms with van der Waals surface area (Å²) in [4.78, 5) is 29.1. The Morgan fingerprint density at radius 2 is 1.95 bits per heavy atom. The number of ether oxygens (including phenoxy) is 2. The predicted molar refractivity (Wildman–Crippen MR) is 133 cm³/mol. The second-order valence-corrected chi connectivity index (χ2v) is 13.2. The fourth-order valence-corrected chi connectivity index (χ4v) is 10.2. The Balaban J connectivity index is 1.26. The van der Waals surface area contributed by atoms with Crippen molar-refractivity contribution >= 4 is 11.8 Å². The van der Waals surface area contributed by atoms with E-state index in [1.54, 1.807) is 0 Å². The number of aliphatic hydroxyl groups excluding tert-OH is 2. The van der Waals surface area contributed by atoms with E-state index in [2.05, 4.69) is 23.9 Å². The Morgan fingerprint density at radius 1 is 1.19 bits per heavy atom. The number of aliphatic hydroxyl groups is 2. The molecule has 0 bridgehead atoms. The van der Waals surface area contributed by atoms with E-state index in [1.807, 2.05) is 13.8 Å². The average molecular weight is 514 g/mol. The molecule has 0 aromatic carbocycles. The van der Waals surface area contributed by atoms with Crippen LogP contribution in [0.2, 0.25) is 0 Å². The van der Waals surface area contributed by atoms with Crippen molar-refractivity contribution in [2.45, 2.75) is 103 Å². The molecule has 1 spiro atoms. The summed E-state index contributed by atoms with van der Waals surface area (Å²) in [6.07, 6.45) is 4.28. The maximum absolute atomic E-state index is 13.7. The number of carbonyl (C=O) groups excluding carboxylic acids is 2. The topological polar surface area (TPSA) is 145 Å². The van der Waals surface area contributed by atoms with Gasteiger partial charge in [-0.25, -0.2) is 4.79 Å². The molecule has 2 N–H and O–H groups in total. The summed E-state index contributed by atoms with van der Waals surface area (Å²) in [5.74, 6) is 1.20. The number of cyclic esters (lactones) is 1. The number of esters is 1. The maximum Gasteiger partial charge on any atom is 0.336 e. The van der Waals surface area contributed by atoms with E-state index in [-0.39, 0.29) is 54.2 Å². The van der Waals surface area contributed by atoms with Crippen LogP contribution in [0.3, 0.4) is 0 Å². The number of hydrogen-bond acceptors (Lipinski definition) is 7. The van der Waals surface area contributed by atoms with Crippen LogP contribution < -0.4 is 0 Å². The van der Waals surface area contributed by atoms with E-state index in [4.69, 9.17) is 15.0 Å². The Hall–Kier alpha value is -1.93. The van der Waals surface area contributed by atoms with Crippen molar-refractivity contribution in [3.8, 4) is 0 Å². The number of carbonyl (C=O) groups is 2. The second-order valence-electron chi connectivity index (χ2n) is 13.2. The Kier molecular flexibility index (Phi) is 5.68. The molecule has 4 saturated carbocycles. The van der Waals surface area contributed by atoms with Gasteiger partial charge in [-0.05, 0) is 86.5 Å². The van der Waals surface area contributed by atoms with Gasteiger partial charge in [0, 0.05) is 17.8 Å². The normalized spacial score (nSPS) is 51.2. The number of epoxide rings is 1. The van der Waals surface area contributed by atoms with Gasteiger partial charge in [0.1, 0.15) is 17.5 Å². The third kappa shape index (κ3) is 3.11. The summed E-state index contributed by atoms with van der Waals surface area (Å²) in [6.45, 7) is 8.27. The van der Waals surface area contributed by atoms with Crippen LogP contribution >= 0.6 is 0 Å². The van der Waals surface area contributed by atoms with Crippen molar-refractivity contribution < 1.29 is 29.3 Å². The molecule has 0 aromatic heterocycles. The molecule has 4 aliphatic carbocycles. The minimum atomic E-state index is -0.956. The molecule has 37 heavy (non-hydrogen) atoms. The number of ketones is 1. The first-order valence-corrected chi connectivity index (χ1v) is 14.0. The average Bonchev–Trinajstić information content (AvgIpc) is 3.49. The van der Waals surface area contributed by atoms with Gasteiger partial charge in [-0.2, -0.15) is 0 Å². The highest BCUT2D eigenvalue weighted by Gasteiger charge is 2.82. The summed E-state index contributed by atoms with van der Waals surface area (Å²) in [5.41, 5.74) is 8.68. The predicted octanol–water partition coefficient (Wildman–Crippen LogP) is 3.87. The lowest BCUT2D eigenvalue weighted by Gasteiger charge is -2.59. The third-order valence-corrected chi connectivity index (χ3v) is 12.2. The van der Waals surface area contributed by atoms with Crippen LogP contribution in [-0.4, -0.2) is 58.5 Å².